The molecule has 0 aromatic carbocycles. The van der Waals surface area contributed by atoms with Gasteiger partial charge in [-0.25, -0.2) is 0 Å². The monoisotopic (exact) mass is 243 g/mol. The van der Waals surface area contributed by atoms with E-state index in [-0.39, 0.29) is 10.0 Å². The maximum absolute atomic E-state index is 5.21. The zero-order chi connectivity index (χ0) is 10.5. The second kappa shape index (κ2) is 13.6. The highest BCUT2D eigenvalue weighted by molar-refractivity contribution is 6.41. The Morgan fingerprint density at radius 3 is 2.29 bits per heavy atom. The Hall–Kier alpha value is 0.571. The van der Waals surface area contributed by atoms with Crippen LogP contribution in [0.1, 0.15) is 51.9 Å². The van der Waals surface area contributed by atoms with Gasteiger partial charge in [0.1, 0.15) is 0 Å². The molecule has 5 heteroatoms. The molecule has 79 valence electrons. The van der Waals surface area contributed by atoms with E-state index < -0.39 is 0 Å². The summed E-state index contributed by atoms with van der Waals surface area (Å²) in [6.07, 6.45) is 9.60. The van der Waals surface area contributed by atoms with Crippen LogP contribution in [0, 0.1) is 0 Å². The van der Waals surface area contributed by atoms with E-state index >= 15 is 0 Å². The van der Waals surface area contributed by atoms with Gasteiger partial charge in [0.25, 0.3) is 0 Å². The third-order valence-corrected chi connectivity index (χ3v) is 3.84. The molecule has 0 aliphatic rings. The average molecular weight is 244 g/mol. The van der Waals surface area contributed by atoms with Crippen LogP contribution in [0.15, 0.2) is 0 Å². The molecule has 0 fully saturated rings. The molecule has 0 aromatic heterocycles. The van der Waals surface area contributed by atoms with Crippen molar-refractivity contribution >= 4 is 30.3 Å². The zero-order valence-electron chi connectivity index (χ0n) is 8.97. The Morgan fingerprint density at radius 1 is 1.00 bits per heavy atom. The summed E-state index contributed by atoms with van der Waals surface area (Å²) in [6, 6.07) is 1.19. The van der Waals surface area contributed by atoms with Crippen molar-refractivity contribution in [3.8, 4) is 0 Å². The minimum atomic E-state index is 0.153. The van der Waals surface area contributed by atoms with Crippen LogP contribution in [-0.4, -0.2) is 30.3 Å². The first-order chi connectivity index (χ1) is 6.91. The molecule has 0 heterocycles. The predicted molar refractivity (Wildman–Crippen MR) is 62.2 cm³/mol. The molecule has 0 atom stereocenters. The van der Waals surface area contributed by atoms with Crippen LogP contribution in [0.25, 0.3) is 0 Å². The Bertz CT molecular complexity index is 92.1. The highest BCUT2D eigenvalue weighted by Crippen LogP contribution is 2.08. The highest BCUT2D eigenvalue weighted by atomic mass is 28.3. The van der Waals surface area contributed by atoms with Gasteiger partial charge in [-0.05, 0) is 6.04 Å². The van der Waals surface area contributed by atoms with Gasteiger partial charge < -0.3 is 8.23 Å². The second-order valence-corrected chi connectivity index (χ2v) is 5.89. The minimum absolute atomic E-state index is 0.153. The molecule has 0 N–H and O–H groups in total. The van der Waals surface area contributed by atoms with Gasteiger partial charge in [-0.15, -0.1) is 0 Å². The first kappa shape index (κ1) is 14.6. The van der Waals surface area contributed by atoms with Crippen molar-refractivity contribution in [2.24, 2.45) is 0 Å². The van der Waals surface area contributed by atoms with Crippen molar-refractivity contribution in [3.05, 3.63) is 0 Å². The Labute approximate surface area is 96.7 Å². The average Bonchev–Trinajstić information content (AvgIpc) is 2.21. The highest BCUT2D eigenvalue weighted by Gasteiger charge is 1.94. The lowest BCUT2D eigenvalue weighted by atomic mass is 10.1. The van der Waals surface area contributed by atoms with E-state index in [0.717, 1.165) is 0 Å². The van der Waals surface area contributed by atoms with Crippen molar-refractivity contribution < 1.29 is 8.23 Å². The molecule has 0 rings (SSSR count). The third-order valence-electron chi connectivity index (χ3n) is 2.04. The molecule has 0 saturated carbocycles. The van der Waals surface area contributed by atoms with E-state index in [1.54, 1.807) is 0 Å². The van der Waals surface area contributed by atoms with Crippen LogP contribution < -0.4 is 0 Å². The lowest BCUT2D eigenvalue weighted by molar-refractivity contribution is 0.498. The number of hydrogen-bond donors (Lipinski definition) is 0. The van der Waals surface area contributed by atoms with Gasteiger partial charge in [0.15, 0.2) is 0 Å². The van der Waals surface area contributed by atoms with E-state index in [1.807, 2.05) is 0 Å². The SMILES string of the molecule is CCCCCCCCC[Si]O[Si]O[Si]. The summed E-state index contributed by atoms with van der Waals surface area (Å²) in [4.78, 5) is 0. The molecule has 0 aliphatic heterocycles. The normalized spacial score (nSPS) is 10.7. The standard InChI is InChI=1S/C9H19O2Si3/c1-2-3-4-5-6-7-8-9-13-11-14-10-12/h2-9H2,1H3. The molecule has 0 bridgehead atoms. The van der Waals surface area contributed by atoms with Crippen molar-refractivity contribution in [3.63, 3.8) is 0 Å². The summed E-state index contributed by atoms with van der Waals surface area (Å²) in [5, 5.41) is 0. The summed E-state index contributed by atoms with van der Waals surface area (Å²) in [7, 11) is 3.66. The zero-order valence-corrected chi connectivity index (χ0v) is 12.0. The molecule has 7 radical (unpaired) electrons. The molecule has 14 heavy (non-hydrogen) atoms. The van der Waals surface area contributed by atoms with Gasteiger partial charge in [-0.2, -0.15) is 0 Å². The molecule has 0 aromatic rings. The van der Waals surface area contributed by atoms with E-state index in [4.69, 9.17) is 4.12 Å². The van der Waals surface area contributed by atoms with Gasteiger partial charge in [0.05, 0.1) is 0 Å². The van der Waals surface area contributed by atoms with Crippen molar-refractivity contribution in [2.75, 3.05) is 0 Å². The van der Waals surface area contributed by atoms with Gasteiger partial charge in [0, 0.05) is 0 Å². The van der Waals surface area contributed by atoms with Gasteiger partial charge in [0.2, 0.25) is 20.2 Å². The molecule has 2 nitrogen and oxygen atoms in total. The van der Waals surface area contributed by atoms with Crippen molar-refractivity contribution in [1.29, 1.82) is 0 Å². The van der Waals surface area contributed by atoms with Gasteiger partial charge in [-0.3, -0.25) is 0 Å². The Balaban J connectivity index is 2.78. The minimum Gasteiger partial charge on any atom is -0.435 e. The number of unbranched alkanes of at least 4 members (excludes halogenated alkanes) is 6. The maximum atomic E-state index is 5.21. The largest absolute Gasteiger partial charge is 0.435 e. The molecule has 0 amide bonds. The van der Waals surface area contributed by atoms with E-state index in [2.05, 4.69) is 21.5 Å². The topological polar surface area (TPSA) is 18.5 Å². The molecule has 0 saturated heterocycles. The summed E-state index contributed by atoms with van der Waals surface area (Å²) >= 11 is 0. The quantitative estimate of drug-likeness (QED) is 0.410. The fraction of sp³-hybridized carbons (Fsp3) is 1.00. The summed E-state index contributed by atoms with van der Waals surface area (Å²) in [5.74, 6) is 0. The van der Waals surface area contributed by atoms with Crippen molar-refractivity contribution in [2.45, 2.75) is 57.9 Å². The first-order valence-corrected chi connectivity index (χ1v) is 7.72. The van der Waals surface area contributed by atoms with Crippen LogP contribution in [-0.2, 0) is 8.23 Å². The fourth-order valence-electron chi connectivity index (χ4n) is 1.26. The smallest absolute Gasteiger partial charge is 0.409 e. The maximum Gasteiger partial charge on any atom is 0.409 e. The van der Waals surface area contributed by atoms with E-state index in [0.29, 0.717) is 9.76 Å². The molecular formula is C9H19O2Si3. The van der Waals surface area contributed by atoms with E-state index in [1.165, 1.54) is 51.0 Å². The van der Waals surface area contributed by atoms with Gasteiger partial charge in [-0.1, -0.05) is 51.9 Å². The summed E-state index contributed by atoms with van der Waals surface area (Å²) in [6.45, 7) is 2.25. The predicted octanol–water partition coefficient (Wildman–Crippen LogP) is 2.43. The number of hydrogen-bond acceptors (Lipinski definition) is 2. The Kier molecular flexibility index (Phi) is 14.1. The third kappa shape index (κ3) is 12.6. The van der Waals surface area contributed by atoms with Crippen LogP contribution in [0.3, 0.4) is 0 Å². The van der Waals surface area contributed by atoms with E-state index in [9.17, 15) is 0 Å². The lowest BCUT2D eigenvalue weighted by Crippen LogP contribution is -2.06. The summed E-state index contributed by atoms with van der Waals surface area (Å²) in [5.41, 5.74) is 0. The Morgan fingerprint density at radius 2 is 1.64 bits per heavy atom. The first-order valence-electron chi connectivity index (χ1n) is 5.38. The van der Waals surface area contributed by atoms with Crippen molar-refractivity contribution in [1.82, 2.24) is 0 Å². The molecule has 0 spiro atoms. The second-order valence-electron chi connectivity index (χ2n) is 3.30. The van der Waals surface area contributed by atoms with Crippen LogP contribution in [0.5, 0.6) is 0 Å². The molecule has 0 unspecified atom stereocenters. The fourth-order valence-corrected chi connectivity index (χ4v) is 2.84. The number of rotatable bonds is 11. The molecule has 0 aliphatic carbocycles. The lowest BCUT2D eigenvalue weighted by Gasteiger charge is -2.00. The van der Waals surface area contributed by atoms with Crippen LogP contribution >= 0.6 is 0 Å². The molecular weight excluding hydrogens is 224 g/mol. The van der Waals surface area contributed by atoms with Gasteiger partial charge >= 0.3 is 10.0 Å². The summed E-state index contributed by atoms with van der Waals surface area (Å²) < 4.78 is 9.84. The van der Waals surface area contributed by atoms with Crippen LogP contribution in [0.2, 0.25) is 6.04 Å². The van der Waals surface area contributed by atoms with Crippen LogP contribution in [0.4, 0.5) is 0 Å².